The van der Waals surface area contributed by atoms with Gasteiger partial charge in [0.1, 0.15) is 6.61 Å². The smallest absolute Gasteiger partial charge is 0.231 e. The zero-order valence-corrected chi connectivity index (χ0v) is 14.5. The first-order chi connectivity index (χ1) is 11.8. The Morgan fingerprint density at radius 2 is 2.25 bits per heavy atom. The fourth-order valence-corrected chi connectivity index (χ4v) is 4.19. The lowest BCUT2D eigenvalue weighted by molar-refractivity contribution is -0.121. The molecule has 2 aliphatic rings. The van der Waals surface area contributed by atoms with Gasteiger partial charge in [0.25, 0.3) is 0 Å². The van der Waals surface area contributed by atoms with E-state index in [1.807, 2.05) is 17.0 Å². The van der Waals surface area contributed by atoms with Crippen LogP contribution in [0.1, 0.15) is 17.8 Å². The maximum Gasteiger partial charge on any atom is 0.231 e. The normalized spacial score (nSPS) is 19.8. The topological polar surface area (TPSA) is 58.6 Å². The first kappa shape index (κ1) is 15.5. The molecule has 1 aromatic heterocycles. The quantitative estimate of drug-likeness (QED) is 0.850. The highest BCUT2D eigenvalue weighted by Gasteiger charge is 2.35. The summed E-state index contributed by atoms with van der Waals surface area (Å²) in [6.45, 7) is 2.80. The van der Waals surface area contributed by atoms with E-state index in [1.165, 1.54) is 17.1 Å². The predicted octanol–water partition coefficient (Wildman–Crippen LogP) is 2.10. The molecule has 3 heterocycles. The lowest BCUT2D eigenvalue weighted by Gasteiger charge is -2.21. The Hall–Kier alpha value is -1.99. The van der Waals surface area contributed by atoms with Gasteiger partial charge in [0.05, 0.1) is 5.92 Å². The third-order valence-electron chi connectivity index (χ3n) is 4.69. The molecule has 1 amide bonds. The van der Waals surface area contributed by atoms with Crippen molar-refractivity contribution >= 4 is 28.3 Å². The van der Waals surface area contributed by atoms with E-state index in [1.54, 1.807) is 7.11 Å². The molecule has 2 aromatic rings. The summed E-state index contributed by atoms with van der Waals surface area (Å²) in [5, 5.41) is 0.888. The molecule has 0 N–H and O–H groups in total. The van der Waals surface area contributed by atoms with Gasteiger partial charge in [-0.25, -0.2) is 4.98 Å². The van der Waals surface area contributed by atoms with Crippen LogP contribution in [0.5, 0.6) is 0 Å². The van der Waals surface area contributed by atoms with E-state index in [2.05, 4.69) is 26.4 Å². The molecule has 0 bridgehead atoms. The van der Waals surface area contributed by atoms with Crippen LogP contribution in [-0.2, 0) is 22.6 Å². The van der Waals surface area contributed by atoms with Crippen molar-refractivity contribution in [1.29, 1.82) is 0 Å². The molecule has 0 radical (unpaired) electrons. The Labute approximate surface area is 145 Å². The number of rotatable bonds is 4. The van der Waals surface area contributed by atoms with Crippen LogP contribution in [0.15, 0.2) is 24.3 Å². The summed E-state index contributed by atoms with van der Waals surface area (Å²) >= 11 is 1.38. The second-order valence-electron chi connectivity index (χ2n) is 6.23. The molecule has 1 aromatic carbocycles. The summed E-state index contributed by atoms with van der Waals surface area (Å²) in [7, 11) is 1.64. The molecule has 0 aliphatic carbocycles. The maximum absolute atomic E-state index is 12.9. The largest absolute Gasteiger partial charge is 0.377 e. The van der Waals surface area contributed by atoms with E-state index >= 15 is 0 Å². The number of hydrogen-bond acceptors (Lipinski definition) is 6. The van der Waals surface area contributed by atoms with E-state index in [0.29, 0.717) is 12.4 Å². The van der Waals surface area contributed by atoms with Crippen molar-refractivity contribution in [2.24, 2.45) is 5.92 Å². The molecule has 2 aliphatic heterocycles. The Morgan fingerprint density at radius 1 is 1.38 bits per heavy atom. The highest BCUT2D eigenvalue weighted by molar-refractivity contribution is 7.09. The van der Waals surface area contributed by atoms with Crippen LogP contribution in [-0.4, -0.2) is 42.0 Å². The predicted molar refractivity (Wildman–Crippen MR) is 93.4 cm³/mol. The van der Waals surface area contributed by atoms with Crippen LogP contribution in [0.3, 0.4) is 0 Å². The Bertz CT molecular complexity index is 748. The van der Waals surface area contributed by atoms with Gasteiger partial charge in [-0.2, -0.15) is 4.37 Å². The molecular weight excluding hydrogens is 324 g/mol. The Morgan fingerprint density at radius 3 is 3.12 bits per heavy atom. The van der Waals surface area contributed by atoms with Gasteiger partial charge in [0.15, 0.2) is 5.82 Å². The molecule has 1 fully saturated rings. The third kappa shape index (κ3) is 2.78. The molecule has 126 valence electrons. The van der Waals surface area contributed by atoms with Gasteiger partial charge >= 0.3 is 0 Å². The molecular formula is C17H20N4O2S. The van der Waals surface area contributed by atoms with Crippen LogP contribution in [0.4, 0.5) is 10.8 Å². The number of methoxy groups -OCH3 is 1. The monoisotopic (exact) mass is 344 g/mol. The first-order valence-corrected chi connectivity index (χ1v) is 8.99. The van der Waals surface area contributed by atoms with Crippen LogP contribution >= 0.6 is 11.5 Å². The molecule has 1 atom stereocenters. The summed E-state index contributed by atoms with van der Waals surface area (Å²) in [5.41, 5.74) is 2.35. The number of fused-ring (bicyclic) bond motifs is 1. The average Bonchev–Trinajstić information content (AvgIpc) is 3.33. The minimum absolute atomic E-state index is 0.0333. The van der Waals surface area contributed by atoms with Crippen LogP contribution in [0.25, 0.3) is 0 Å². The van der Waals surface area contributed by atoms with Gasteiger partial charge in [-0.1, -0.05) is 18.2 Å². The van der Waals surface area contributed by atoms with Gasteiger partial charge in [0, 0.05) is 44.0 Å². The van der Waals surface area contributed by atoms with Crippen molar-refractivity contribution in [3.05, 3.63) is 35.7 Å². The minimum Gasteiger partial charge on any atom is -0.377 e. The van der Waals surface area contributed by atoms with Gasteiger partial charge < -0.3 is 14.5 Å². The summed E-state index contributed by atoms with van der Waals surface area (Å²) < 4.78 is 9.36. The van der Waals surface area contributed by atoms with E-state index < -0.39 is 0 Å². The van der Waals surface area contributed by atoms with Crippen LogP contribution in [0, 0.1) is 5.92 Å². The third-order valence-corrected chi connectivity index (χ3v) is 5.51. The maximum atomic E-state index is 12.9. The van der Waals surface area contributed by atoms with Crippen molar-refractivity contribution in [3.63, 3.8) is 0 Å². The highest BCUT2D eigenvalue weighted by atomic mass is 32.1. The highest BCUT2D eigenvalue weighted by Crippen LogP contribution is 2.32. The average molecular weight is 344 g/mol. The van der Waals surface area contributed by atoms with E-state index in [-0.39, 0.29) is 11.8 Å². The second kappa shape index (κ2) is 6.49. The fraction of sp³-hybridized carbons (Fsp3) is 0.471. The molecule has 4 rings (SSSR count). The number of aromatic nitrogens is 2. The van der Waals surface area contributed by atoms with Gasteiger partial charge in [-0.3, -0.25) is 4.79 Å². The number of ether oxygens (including phenoxy) is 1. The summed E-state index contributed by atoms with van der Waals surface area (Å²) in [4.78, 5) is 21.6. The lowest BCUT2D eigenvalue weighted by atomic mass is 10.1. The number of benzene rings is 1. The standard InChI is InChI=1S/C17H20N4O2S/c1-23-11-15-18-17(24-19-15)20-8-6-13(10-20)16(22)21-9-7-12-4-2-3-5-14(12)21/h2-5,13H,6-11H2,1H3. The van der Waals surface area contributed by atoms with Crippen molar-refractivity contribution in [2.75, 3.05) is 36.5 Å². The summed E-state index contributed by atoms with van der Waals surface area (Å²) in [6, 6.07) is 8.21. The number of hydrogen-bond donors (Lipinski definition) is 0. The molecule has 0 spiro atoms. The zero-order valence-electron chi connectivity index (χ0n) is 13.6. The second-order valence-corrected chi connectivity index (χ2v) is 6.96. The molecule has 24 heavy (non-hydrogen) atoms. The molecule has 7 heteroatoms. The molecule has 6 nitrogen and oxygen atoms in total. The summed E-state index contributed by atoms with van der Waals surface area (Å²) in [6.07, 6.45) is 1.83. The molecule has 1 unspecified atom stereocenters. The van der Waals surface area contributed by atoms with Crippen molar-refractivity contribution < 1.29 is 9.53 Å². The van der Waals surface area contributed by atoms with E-state index in [9.17, 15) is 4.79 Å². The first-order valence-electron chi connectivity index (χ1n) is 8.22. The summed E-state index contributed by atoms with van der Waals surface area (Å²) in [5.74, 6) is 0.982. The fourth-order valence-electron chi connectivity index (χ4n) is 3.48. The number of carbonyl (C=O) groups excluding carboxylic acids is 1. The number of nitrogens with zero attached hydrogens (tertiary/aromatic N) is 4. The van der Waals surface area contributed by atoms with Crippen molar-refractivity contribution in [2.45, 2.75) is 19.4 Å². The zero-order chi connectivity index (χ0) is 16.5. The molecule has 1 saturated heterocycles. The van der Waals surface area contributed by atoms with E-state index in [4.69, 9.17) is 4.74 Å². The Kier molecular flexibility index (Phi) is 4.20. The van der Waals surface area contributed by atoms with Crippen LogP contribution in [0.2, 0.25) is 0 Å². The number of amides is 1. The molecule has 0 saturated carbocycles. The van der Waals surface area contributed by atoms with Gasteiger partial charge in [-0.05, 0) is 24.5 Å². The number of carbonyl (C=O) groups is 1. The van der Waals surface area contributed by atoms with E-state index in [0.717, 1.165) is 43.3 Å². The Balaban J connectivity index is 1.44. The van der Waals surface area contributed by atoms with Gasteiger partial charge in [0.2, 0.25) is 11.0 Å². The minimum atomic E-state index is 0.0333. The van der Waals surface area contributed by atoms with Crippen molar-refractivity contribution in [3.8, 4) is 0 Å². The van der Waals surface area contributed by atoms with Crippen molar-refractivity contribution in [1.82, 2.24) is 9.36 Å². The number of para-hydroxylation sites is 1. The SMILES string of the molecule is COCc1nsc(N2CCC(C(=O)N3CCc4ccccc43)C2)n1. The lowest BCUT2D eigenvalue weighted by Crippen LogP contribution is -2.36. The number of anilines is 2. The van der Waals surface area contributed by atoms with Gasteiger partial charge in [-0.15, -0.1) is 0 Å². The van der Waals surface area contributed by atoms with Crippen LogP contribution < -0.4 is 9.80 Å².